The van der Waals surface area contributed by atoms with Crippen LogP contribution in [-0.4, -0.2) is 101 Å². The SMILES string of the molecule is Cc1ncc(-c2nc(N3CCOCC3)c3nc(CN4CCN(S(C)(=O)=O)CC4)cn3c2Cl)cn1. The Hall–Kier alpha value is -2.38. The smallest absolute Gasteiger partial charge is 0.211 e. The molecule has 11 nitrogen and oxygen atoms in total. The van der Waals surface area contributed by atoms with Crippen LogP contribution in [0.1, 0.15) is 11.5 Å². The second kappa shape index (κ2) is 9.34. The highest BCUT2D eigenvalue weighted by atomic mass is 35.5. The lowest BCUT2D eigenvalue weighted by molar-refractivity contribution is 0.122. The number of hydrogen-bond acceptors (Lipinski definition) is 9. The molecule has 34 heavy (non-hydrogen) atoms. The Morgan fingerprint density at radius 3 is 2.35 bits per heavy atom. The highest BCUT2D eigenvalue weighted by Crippen LogP contribution is 2.32. The zero-order chi connectivity index (χ0) is 23.9. The van der Waals surface area contributed by atoms with Crippen molar-refractivity contribution in [3.05, 3.63) is 35.3 Å². The first-order valence-corrected chi connectivity index (χ1v) is 13.4. The maximum atomic E-state index is 11.8. The Morgan fingerprint density at radius 1 is 1.03 bits per heavy atom. The van der Waals surface area contributed by atoms with Crippen molar-refractivity contribution in [2.75, 3.05) is 63.6 Å². The summed E-state index contributed by atoms with van der Waals surface area (Å²) in [6, 6.07) is 0. The van der Waals surface area contributed by atoms with Crippen LogP contribution >= 0.6 is 11.6 Å². The number of fused-ring (bicyclic) bond motifs is 1. The molecule has 0 N–H and O–H groups in total. The maximum absolute atomic E-state index is 11.8. The van der Waals surface area contributed by atoms with Crippen molar-refractivity contribution in [2.45, 2.75) is 13.5 Å². The van der Waals surface area contributed by atoms with Crippen molar-refractivity contribution in [1.82, 2.24) is 33.5 Å². The van der Waals surface area contributed by atoms with Crippen LogP contribution in [0.2, 0.25) is 5.15 Å². The summed E-state index contributed by atoms with van der Waals surface area (Å²) >= 11 is 6.83. The minimum Gasteiger partial charge on any atom is -0.378 e. The van der Waals surface area contributed by atoms with E-state index in [1.807, 2.05) is 17.5 Å². The average molecular weight is 507 g/mol. The number of ether oxygens (including phenoxy) is 1. The molecule has 2 saturated heterocycles. The molecule has 5 heterocycles. The Kier molecular flexibility index (Phi) is 6.42. The molecule has 0 atom stereocenters. The maximum Gasteiger partial charge on any atom is 0.211 e. The van der Waals surface area contributed by atoms with E-state index in [1.165, 1.54) is 10.6 Å². The predicted octanol–water partition coefficient (Wildman–Crippen LogP) is 1.06. The van der Waals surface area contributed by atoms with Crippen LogP contribution in [0.4, 0.5) is 5.82 Å². The fourth-order valence-electron chi connectivity index (χ4n) is 4.26. The first-order valence-electron chi connectivity index (χ1n) is 11.2. The molecule has 0 aliphatic carbocycles. The molecule has 2 fully saturated rings. The van der Waals surface area contributed by atoms with Crippen LogP contribution < -0.4 is 4.90 Å². The summed E-state index contributed by atoms with van der Waals surface area (Å²) in [5.74, 6) is 1.42. The quantitative estimate of drug-likeness (QED) is 0.501. The zero-order valence-corrected chi connectivity index (χ0v) is 20.8. The fraction of sp³-hybridized carbons (Fsp3) is 0.524. The molecule has 0 unspecified atom stereocenters. The van der Waals surface area contributed by atoms with Gasteiger partial charge < -0.3 is 9.64 Å². The molecule has 0 bridgehead atoms. The van der Waals surface area contributed by atoms with Gasteiger partial charge in [0, 0.05) is 70.0 Å². The number of rotatable bonds is 5. The summed E-state index contributed by atoms with van der Waals surface area (Å²) in [6.45, 7) is 7.35. The molecule has 0 radical (unpaired) electrons. The Labute approximate surface area is 203 Å². The van der Waals surface area contributed by atoms with Gasteiger partial charge in [0.25, 0.3) is 0 Å². The van der Waals surface area contributed by atoms with Gasteiger partial charge in [0.15, 0.2) is 11.5 Å². The molecule has 0 aromatic carbocycles. The van der Waals surface area contributed by atoms with Gasteiger partial charge in [-0.2, -0.15) is 4.31 Å². The monoisotopic (exact) mass is 506 g/mol. The van der Waals surface area contributed by atoms with Crippen molar-refractivity contribution < 1.29 is 13.2 Å². The van der Waals surface area contributed by atoms with E-state index in [4.69, 9.17) is 26.3 Å². The standard InChI is InChI=1S/C21H27ClN8O3S/c1-15-23-11-16(12-24-15)18-19(22)30-14-17(13-27-3-5-29(6-4-27)34(2,31)32)25-21(30)20(26-18)28-7-9-33-10-8-28/h11-12,14H,3-10,13H2,1-2H3. The number of hydrogen-bond donors (Lipinski definition) is 0. The van der Waals surface area contributed by atoms with E-state index in [1.54, 1.807) is 12.4 Å². The van der Waals surface area contributed by atoms with E-state index in [9.17, 15) is 8.42 Å². The molecular formula is C21H27ClN8O3S. The average Bonchev–Trinajstić information content (AvgIpc) is 3.25. The largest absolute Gasteiger partial charge is 0.378 e. The van der Waals surface area contributed by atoms with Gasteiger partial charge in [-0.3, -0.25) is 9.30 Å². The van der Waals surface area contributed by atoms with Crippen molar-refractivity contribution in [1.29, 1.82) is 0 Å². The first kappa shape index (κ1) is 23.4. The molecule has 3 aromatic rings. The third-order valence-electron chi connectivity index (χ3n) is 6.13. The van der Waals surface area contributed by atoms with Crippen LogP contribution in [0.25, 0.3) is 16.9 Å². The van der Waals surface area contributed by atoms with Gasteiger partial charge in [-0.05, 0) is 6.92 Å². The lowest BCUT2D eigenvalue weighted by Crippen LogP contribution is -2.47. The summed E-state index contributed by atoms with van der Waals surface area (Å²) in [5, 5.41) is 0.445. The van der Waals surface area contributed by atoms with E-state index in [0.717, 1.165) is 17.1 Å². The number of piperazine rings is 1. The summed E-state index contributed by atoms with van der Waals surface area (Å²) in [5.41, 5.74) is 2.87. The van der Waals surface area contributed by atoms with Gasteiger partial charge in [-0.1, -0.05) is 11.6 Å². The van der Waals surface area contributed by atoms with Crippen LogP contribution in [0.3, 0.4) is 0 Å². The normalized spacial score (nSPS) is 18.6. The van der Waals surface area contributed by atoms with E-state index >= 15 is 0 Å². The number of nitrogens with zero attached hydrogens (tertiary/aromatic N) is 8. The van der Waals surface area contributed by atoms with Crippen molar-refractivity contribution in [3.63, 3.8) is 0 Å². The molecule has 2 aliphatic rings. The molecule has 13 heteroatoms. The summed E-state index contributed by atoms with van der Waals surface area (Å²) < 4.78 is 32.5. The number of aryl methyl sites for hydroxylation is 1. The molecule has 182 valence electrons. The lowest BCUT2D eigenvalue weighted by Gasteiger charge is -2.32. The molecule has 5 rings (SSSR count). The third kappa shape index (κ3) is 4.73. The zero-order valence-electron chi connectivity index (χ0n) is 19.2. The molecule has 2 aliphatic heterocycles. The number of sulfonamides is 1. The topological polar surface area (TPSA) is 109 Å². The number of morpholine rings is 1. The summed E-state index contributed by atoms with van der Waals surface area (Å²) in [7, 11) is -3.16. The summed E-state index contributed by atoms with van der Waals surface area (Å²) in [4.78, 5) is 22.8. The second-order valence-electron chi connectivity index (χ2n) is 8.56. The molecular weight excluding hydrogens is 480 g/mol. The number of imidazole rings is 1. The highest BCUT2D eigenvalue weighted by Gasteiger charge is 2.26. The fourth-order valence-corrected chi connectivity index (χ4v) is 5.37. The lowest BCUT2D eigenvalue weighted by atomic mass is 10.2. The van der Waals surface area contributed by atoms with Gasteiger partial charge in [0.1, 0.15) is 16.7 Å². The Balaban J connectivity index is 1.49. The number of halogens is 1. The van der Waals surface area contributed by atoms with Crippen molar-refractivity contribution >= 4 is 33.1 Å². The van der Waals surface area contributed by atoms with Crippen LogP contribution in [0.15, 0.2) is 18.6 Å². The van der Waals surface area contributed by atoms with E-state index in [0.29, 0.717) is 81.3 Å². The van der Waals surface area contributed by atoms with E-state index in [-0.39, 0.29) is 0 Å². The molecule has 3 aromatic heterocycles. The van der Waals surface area contributed by atoms with Gasteiger partial charge in [0.2, 0.25) is 10.0 Å². The van der Waals surface area contributed by atoms with E-state index in [2.05, 4.69) is 19.8 Å². The molecule has 0 amide bonds. The minimum absolute atomic E-state index is 0.445. The molecule has 0 saturated carbocycles. The Bertz CT molecular complexity index is 1280. The van der Waals surface area contributed by atoms with Gasteiger partial charge in [-0.15, -0.1) is 0 Å². The third-order valence-corrected chi connectivity index (χ3v) is 7.80. The Morgan fingerprint density at radius 2 is 1.71 bits per heavy atom. The molecule has 0 spiro atoms. The van der Waals surface area contributed by atoms with Gasteiger partial charge in [0.05, 0.1) is 25.2 Å². The number of anilines is 1. The van der Waals surface area contributed by atoms with Crippen molar-refractivity contribution in [2.24, 2.45) is 0 Å². The number of aromatic nitrogens is 5. The van der Waals surface area contributed by atoms with Gasteiger partial charge >= 0.3 is 0 Å². The second-order valence-corrected chi connectivity index (χ2v) is 10.9. The van der Waals surface area contributed by atoms with Gasteiger partial charge in [-0.25, -0.2) is 28.4 Å². The minimum atomic E-state index is -3.16. The van der Waals surface area contributed by atoms with Crippen LogP contribution in [0.5, 0.6) is 0 Å². The van der Waals surface area contributed by atoms with Crippen LogP contribution in [0, 0.1) is 6.92 Å². The van der Waals surface area contributed by atoms with Crippen molar-refractivity contribution in [3.8, 4) is 11.3 Å². The van der Waals surface area contributed by atoms with Crippen LogP contribution in [-0.2, 0) is 21.3 Å². The predicted molar refractivity (Wildman–Crippen MR) is 128 cm³/mol. The highest BCUT2D eigenvalue weighted by molar-refractivity contribution is 7.88. The first-order chi connectivity index (χ1) is 16.3. The summed E-state index contributed by atoms with van der Waals surface area (Å²) in [6.07, 6.45) is 6.64. The van der Waals surface area contributed by atoms with E-state index < -0.39 is 10.0 Å².